The quantitative estimate of drug-likeness (QED) is 0.698. The molecule has 4 nitrogen and oxygen atoms in total. The summed E-state index contributed by atoms with van der Waals surface area (Å²) in [7, 11) is 0. The van der Waals surface area contributed by atoms with Crippen molar-refractivity contribution in [3.8, 4) is 0 Å². The fraction of sp³-hybridized carbons (Fsp3) is 0.900. The molecule has 1 aliphatic rings. The zero-order valence-electron chi connectivity index (χ0n) is 8.96. The Balaban J connectivity index is 2.24. The highest BCUT2D eigenvalue weighted by molar-refractivity contribution is 5.80. The Labute approximate surface area is 85.8 Å². The van der Waals surface area contributed by atoms with Crippen molar-refractivity contribution in [1.29, 1.82) is 0 Å². The molecule has 4 heteroatoms. The largest absolute Gasteiger partial charge is 0.320 e. The van der Waals surface area contributed by atoms with Gasteiger partial charge in [-0.15, -0.1) is 0 Å². The van der Waals surface area contributed by atoms with Crippen molar-refractivity contribution in [2.24, 2.45) is 5.73 Å². The number of hydrogen-bond donors (Lipinski definition) is 2. The van der Waals surface area contributed by atoms with E-state index in [0.29, 0.717) is 0 Å². The number of carbonyl (C=O) groups is 1. The molecule has 0 aliphatic carbocycles. The maximum Gasteiger partial charge on any atom is 0.251 e. The van der Waals surface area contributed by atoms with E-state index >= 15 is 0 Å². The predicted molar refractivity (Wildman–Crippen MR) is 56.5 cm³/mol. The standard InChI is InChI=1S/C10H21N3O/c1-2-6-9(11)10(14)12-13-7-4-3-5-8-13/h9H,2-8,11H2,1H3,(H,12,14). The minimum Gasteiger partial charge on any atom is -0.320 e. The molecule has 3 N–H and O–H groups in total. The molecule has 1 unspecified atom stereocenters. The van der Waals surface area contributed by atoms with Gasteiger partial charge in [-0.1, -0.05) is 19.8 Å². The first kappa shape index (κ1) is 11.5. The van der Waals surface area contributed by atoms with Crippen LogP contribution in [0.15, 0.2) is 0 Å². The second-order valence-electron chi connectivity index (χ2n) is 3.92. The van der Waals surface area contributed by atoms with Gasteiger partial charge in [-0.25, -0.2) is 5.01 Å². The summed E-state index contributed by atoms with van der Waals surface area (Å²) >= 11 is 0. The molecule has 1 atom stereocenters. The van der Waals surface area contributed by atoms with Crippen LogP contribution in [0.5, 0.6) is 0 Å². The van der Waals surface area contributed by atoms with E-state index in [2.05, 4.69) is 5.43 Å². The number of amides is 1. The minimum absolute atomic E-state index is 0.0336. The Hall–Kier alpha value is -0.610. The van der Waals surface area contributed by atoms with Crippen LogP contribution < -0.4 is 11.2 Å². The van der Waals surface area contributed by atoms with Gasteiger partial charge in [-0.3, -0.25) is 10.2 Å². The first-order valence-corrected chi connectivity index (χ1v) is 5.55. The third-order valence-electron chi connectivity index (χ3n) is 2.56. The fourth-order valence-corrected chi connectivity index (χ4v) is 1.69. The third-order valence-corrected chi connectivity index (χ3v) is 2.56. The molecule has 1 aliphatic heterocycles. The van der Waals surface area contributed by atoms with Gasteiger partial charge in [0.1, 0.15) is 0 Å². The number of rotatable bonds is 4. The average molecular weight is 199 g/mol. The maximum atomic E-state index is 11.5. The van der Waals surface area contributed by atoms with E-state index in [9.17, 15) is 4.79 Å². The van der Waals surface area contributed by atoms with Gasteiger partial charge in [0.25, 0.3) is 5.91 Å². The Kier molecular flexibility index (Phi) is 4.90. The van der Waals surface area contributed by atoms with Crippen LogP contribution in [0.25, 0.3) is 0 Å². The van der Waals surface area contributed by atoms with E-state index in [-0.39, 0.29) is 11.9 Å². The normalized spacial score (nSPS) is 20.4. The van der Waals surface area contributed by atoms with Crippen molar-refractivity contribution in [2.75, 3.05) is 13.1 Å². The number of hydrazine groups is 1. The Morgan fingerprint density at radius 3 is 2.64 bits per heavy atom. The van der Waals surface area contributed by atoms with Crippen molar-refractivity contribution in [3.63, 3.8) is 0 Å². The Morgan fingerprint density at radius 2 is 2.07 bits per heavy atom. The molecule has 0 aromatic carbocycles. The highest BCUT2D eigenvalue weighted by atomic mass is 16.2. The SMILES string of the molecule is CCCC(N)C(=O)NN1CCCCC1. The molecule has 1 heterocycles. The lowest BCUT2D eigenvalue weighted by Gasteiger charge is -2.27. The van der Waals surface area contributed by atoms with E-state index < -0.39 is 0 Å². The van der Waals surface area contributed by atoms with Crippen LogP contribution >= 0.6 is 0 Å². The number of nitrogens with zero attached hydrogens (tertiary/aromatic N) is 1. The molecule has 1 saturated heterocycles. The van der Waals surface area contributed by atoms with E-state index in [1.54, 1.807) is 0 Å². The molecular formula is C10H21N3O. The zero-order valence-corrected chi connectivity index (χ0v) is 8.96. The summed E-state index contributed by atoms with van der Waals surface area (Å²) in [6.45, 7) is 3.96. The lowest BCUT2D eigenvalue weighted by molar-refractivity contribution is -0.127. The summed E-state index contributed by atoms with van der Waals surface area (Å²) in [5.74, 6) is -0.0336. The second kappa shape index (κ2) is 5.98. The molecule has 82 valence electrons. The first-order chi connectivity index (χ1) is 6.74. The zero-order chi connectivity index (χ0) is 10.4. The van der Waals surface area contributed by atoms with Crippen molar-refractivity contribution >= 4 is 5.91 Å². The van der Waals surface area contributed by atoms with E-state index in [1.807, 2.05) is 11.9 Å². The van der Waals surface area contributed by atoms with Crippen LogP contribution in [0.1, 0.15) is 39.0 Å². The number of nitrogens with two attached hydrogens (primary N) is 1. The topological polar surface area (TPSA) is 58.4 Å². The van der Waals surface area contributed by atoms with Crippen LogP contribution in [-0.2, 0) is 4.79 Å². The van der Waals surface area contributed by atoms with Gasteiger partial charge in [-0.05, 0) is 19.3 Å². The molecule has 0 saturated carbocycles. The summed E-state index contributed by atoms with van der Waals surface area (Å²) in [6.07, 6.45) is 5.33. The molecule has 1 amide bonds. The molecule has 0 radical (unpaired) electrons. The molecule has 1 rings (SSSR count). The maximum absolute atomic E-state index is 11.5. The number of carbonyl (C=O) groups excluding carboxylic acids is 1. The summed E-state index contributed by atoms with van der Waals surface area (Å²) < 4.78 is 0. The second-order valence-corrected chi connectivity index (χ2v) is 3.92. The Bertz CT molecular complexity index is 178. The number of piperidine rings is 1. The molecule has 0 bridgehead atoms. The van der Waals surface area contributed by atoms with Crippen molar-refractivity contribution in [2.45, 2.75) is 45.1 Å². The van der Waals surface area contributed by atoms with Crippen LogP contribution in [0.2, 0.25) is 0 Å². The van der Waals surface area contributed by atoms with Crippen LogP contribution in [0.3, 0.4) is 0 Å². The predicted octanol–water partition coefficient (Wildman–Crippen LogP) is 0.631. The van der Waals surface area contributed by atoms with E-state index in [4.69, 9.17) is 5.73 Å². The summed E-state index contributed by atoms with van der Waals surface area (Å²) in [6, 6.07) is -0.345. The van der Waals surface area contributed by atoms with Gasteiger partial charge in [0, 0.05) is 13.1 Å². The first-order valence-electron chi connectivity index (χ1n) is 5.55. The minimum atomic E-state index is -0.345. The molecule has 0 aromatic rings. The smallest absolute Gasteiger partial charge is 0.251 e. The van der Waals surface area contributed by atoms with Crippen molar-refractivity contribution in [3.05, 3.63) is 0 Å². The molecule has 0 spiro atoms. The molecular weight excluding hydrogens is 178 g/mol. The van der Waals surface area contributed by atoms with Crippen LogP contribution in [-0.4, -0.2) is 30.0 Å². The lowest BCUT2D eigenvalue weighted by atomic mass is 10.1. The number of hydrogen-bond acceptors (Lipinski definition) is 3. The van der Waals surface area contributed by atoms with Gasteiger partial charge in [0.2, 0.25) is 0 Å². The van der Waals surface area contributed by atoms with Gasteiger partial charge in [-0.2, -0.15) is 0 Å². The third kappa shape index (κ3) is 3.64. The molecule has 1 fully saturated rings. The Morgan fingerprint density at radius 1 is 1.43 bits per heavy atom. The van der Waals surface area contributed by atoms with Crippen LogP contribution in [0.4, 0.5) is 0 Å². The van der Waals surface area contributed by atoms with Crippen molar-refractivity contribution < 1.29 is 4.79 Å². The monoisotopic (exact) mass is 199 g/mol. The van der Waals surface area contributed by atoms with Gasteiger partial charge < -0.3 is 5.73 Å². The van der Waals surface area contributed by atoms with E-state index in [0.717, 1.165) is 25.9 Å². The van der Waals surface area contributed by atoms with Crippen LogP contribution in [0, 0.1) is 0 Å². The summed E-state index contributed by atoms with van der Waals surface area (Å²) in [5.41, 5.74) is 8.58. The summed E-state index contributed by atoms with van der Waals surface area (Å²) in [4.78, 5) is 11.5. The number of nitrogens with one attached hydrogen (secondary N) is 1. The average Bonchev–Trinajstić information content (AvgIpc) is 2.19. The van der Waals surface area contributed by atoms with Crippen molar-refractivity contribution in [1.82, 2.24) is 10.4 Å². The lowest BCUT2D eigenvalue weighted by Crippen LogP contribution is -2.51. The fourth-order valence-electron chi connectivity index (χ4n) is 1.69. The molecule has 14 heavy (non-hydrogen) atoms. The highest BCUT2D eigenvalue weighted by Gasteiger charge is 2.16. The van der Waals surface area contributed by atoms with Gasteiger partial charge >= 0.3 is 0 Å². The van der Waals surface area contributed by atoms with E-state index in [1.165, 1.54) is 19.3 Å². The van der Waals surface area contributed by atoms with Gasteiger partial charge in [0.15, 0.2) is 0 Å². The highest BCUT2D eigenvalue weighted by Crippen LogP contribution is 2.06. The van der Waals surface area contributed by atoms with Gasteiger partial charge in [0.05, 0.1) is 6.04 Å². The molecule has 0 aromatic heterocycles. The summed E-state index contributed by atoms with van der Waals surface area (Å²) in [5, 5.41) is 1.99.